The minimum atomic E-state index is -3.57. The third kappa shape index (κ3) is 3.66. The lowest BCUT2D eigenvalue weighted by Crippen LogP contribution is -2.30. The first-order chi connectivity index (χ1) is 11.2. The molecule has 2 aromatic rings. The van der Waals surface area contributed by atoms with E-state index in [-0.39, 0.29) is 16.8 Å². The van der Waals surface area contributed by atoms with E-state index in [1.165, 1.54) is 26.2 Å². The lowest BCUT2D eigenvalue weighted by molar-refractivity contribution is 0.0742. The number of hydrogen-bond acceptors (Lipinski definition) is 3. The summed E-state index contributed by atoms with van der Waals surface area (Å²) in [6.07, 6.45) is 0. The summed E-state index contributed by atoms with van der Waals surface area (Å²) >= 11 is 0. The molecule has 1 atom stereocenters. The third-order valence-corrected chi connectivity index (χ3v) is 5.85. The van der Waals surface area contributed by atoms with Crippen molar-refractivity contribution in [2.75, 3.05) is 21.1 Å². The molecule has 2 rings (SSSR count). The highest BCUT2D eigenvalue weighted by molar-refractivity contribution is 7.89. The van der Waals surface area contributed by atoms with Gasteiger partial charge in [-0.1, -0.05) is 36.4 Å². The van der Waals surface area contributed by atoms with Crippen molar-refractivity contribution in [3.05, 3.63) is 65.7 Å². The topological polar surface area (TPSA) is 57.7 Å². The molecular formula is C18H22N2O3S. The molecule has 0 unspecified atom stereocenters. The van der Waals surface area contributed by atoms with Gasteiger partial charge in [-0.3, -0.25) is 4.79 Å². The Labute approximate surface area is 143 Å². The summed E-state index contributed by atoms with van der Waals surface area (Å²) in [6.45, 7) is 1.94. The lowest BCUT2D eigenvalue weighted by atomic mass is 10.1. The average molecular weight is 346 g/mol. The number of benzene rings is 2. The van der Waals surface area contributed by atoms with E-state index in [1.54, 1.807) is 24.1 Å². The molecule has 1 amide bonds. The van der Waals surface area contributed by atoms with Crippen LogP contribution in [0.2, 0.25) is 0 Å². The summed E-state index contributed by atoms with van der Waals surface area (Å²) in [7, 11) is 1.08. The molecule has 0 bridgehead atoms. The lowest BCUT2D eigenvalue weighted by Gasteiger charge is -2.25. The molecular weight excluding hydrogens is 324 g/mol. The van der Waals surface area contributed by atoms with E-state index >= 15 is 0 Å². The first-order valence-corrected chi connectivity index (χ1v) is 9.04. The van der Waals surface area contributed by atoms with Crippen molar-refractivity contribution in [1.82, 2.24) is 9.21 Å². The van der Waals surface area contributed by atoms with Crippen molar-refractivity contribution in [2.45, 2.75) is 17.9 Å². The van der Waals surface area contributed by atoms with Crippen LogP contribution in [0.1, 0.15) is 28.9 Å². The van der Waals surface area contributed by atoms with Crippen LogP contribution in [0.3, 0.4) is 0 Å². The molecule has 0 saturated heterocycles. The number of carbonyl (C=O) groups excluding carboxylic acids is 1. The number of hydrogen-bond donors (Lipinski definition) is 0. The predicted molar refractivity (Wildman–Crippen MR) is 94.3 cm³/mol. The van der Waals surface area contributed by atoms with Crippen LogP contribution in [0.25, 0.3) is 0 Å². The molecule has 0 spiro atoms. The number of carbonyl (C=O) groups is 1. The maximum absolute atomic E-state index is 12.7. The zero-order chi connectivity index (χ0) is 17.9. The van der Waals surface area contributed by atoms with Gasteiger partial charge >= 0.3 is 0 Å². The van der Waals surface area contributed by atoms with Gasteiger partial charge in [-0.15, -0.1) is 0 Å². The highest BCUT2D eigenvalue weighted by Crippen LogP contribution is 2.22. The van der Waals surface area contributed by atoms with Gasteiger partial charge in [0.15, 0.2) is 0 Å². The van der Waals surface area contributed by atoms with Crippen molar-refractivity contribution < 1.29 is 13.2 Å². The SMILES string of the molecule is C[C@H](c1ccccc1)N(C)C(=O)c1cccc(S(=O)(=O)N(C)C)c1. The van der Waals surface area contributed by atoms with Crippen molar-refractivity contribution in [3.63, 3.8) is 0 Å². The van der Waals surface area contributed by atoms with E-state index in [2.05, 4.69) is 0 Å². The smallest absolute Gasteiger partial charge is 0.254 e. The molecule has 128 valence electrons. The van der Waals surface area contributed by atoms with E-state index < -0.39 is 10.0 Å². The van der Waals surface area contributed by atoms with E-state index in [9.17, 15) is 13.2 Å². The van der Waals surface area contributed by atoms with E-state index in [0.29, 0.717) is 5.56 Å². The Bertz CT molecular complexity index is 817. The highest BCUT2D eigenvalue weighted by atomic mass is 32.2. The number of nitrogens with zero attached hydrogens (tertiary/aromatic N) is 2. The second-order valence-corrected chi connectivity index (χ2v) is 7.97. The Morgan fingerprint density at radius 1 is 0.958 bits per heavy atom. The first kappa shape index (κ1) is 18.2. The van der Waals surface area contributed by atoms with Crippen LogP contribution in [-0.2, 0) is 10.0 Å². The normalized spacial score (nSPS) is 12.9. The van der Waals surface area contributed by atoms with Gasteiger partial charge in [0.1, 0.15) is 0 Å². The number of sulfonamides is 1. The molecule has 0 N–H and O–H groups in total. The zero-order valence-electron chi connectivity index (χ0n) is 14.3. The van der Waals surface area contributed by atoms with Gasteiger partial charge in [0, 0.05) is 26.7 Å². The maximum Gasteiger partial charge on any atom is 0.254 e. The molecule has 2 aromatic carbocycles. The highest BCUT2D eigenvalue weighted by Gasteiger charge is 2.22. The summed E-state index contributed by atoms with van der Waals surface area (Å²) in [5, 5.41) is 0. The van der Waals surface area contributed by atoms with Crippen LogP contribution < -0.4 is 0 Å². The molecule has 0 radical (unpaired) electrons. The van der Waals surface area contributed by atoms with Crippen molar-refractivity contribution in [3.8, 4) is 0 Å². The quantitative estimate of drug-likeness (QED) is 0.836. The van der Waals surface area contributed by atoms with Crippen molar-refractivity contribution in [1.29, 1.82) is 0 Å². The van der Waals surface area contributed by atoms with E-state index in [4.69, 9.17) is 0 Å². The molecule has 24 heavy (non-hydrogen) atoms. The van der Waals surface area contributed by atoms with Gasteiger partial charge in [0.05, 0.1) is 10.9 Å². The zero-order valence-corrected chi connectivity index (χ0v) is 15.1. The Morgan fingerprint density at radius 3 is 2.17 bits per heavy atom. The Morgan fingerprint density at radius 2 is 1.58 bits per heavy atom. The number of amides is 1. The van der Waals surface area contributed by atoms with Crippen LogP contribution in [0.4, 0.5) is 0 Å². The molecule has 0 aromatic heterocycles. The molecule has 0 fully saturated rings. The fourth-order valence-corrected chi connectivity index (χ4v) is 3.28. The van der Waals surface area contributed by atoms with Gasteiger partial charge in [0.25, 0.3) is 5.91 Å². The van der Waals surface area contributed by atoms with Crippen molar-refractivity contribution >= 4 is 15.9 Å². The summed E-state index contributed by atoms with van der Waals surface area (Å²) in [5.74, 6) is -0.220. The van der Waals surface area contributed by atoms with Crippen LogP contribution in [0.15, 0.2) is 59.5 Å². The second kappa shape index (κ2) is 7.15. The third-order valence-electron chi connectivity index (χ3n) is 4.04. The molecule has 5 nitrogen and oxygen atoms in total. The minimum Gasteiger partial charge on any atom is -0.335 e. The monoisotopic (exact) mass is 346 g/mol. The van der Waals surface area contributed by atoms with Crippen molar-refractivity contribution in [2.24, 2.45) is 0 Å². The standard InChI is InChI=1S/C18H22N2O3S/c1-14(15-9-6-5-7-10-15)20(4)18(21)16-11-8-12-17(13-16)24(22,23)19(2)3/h5-14H,1-4H3/t14-/m1/s1. The molecule has 6 heteroatoms. The van der Waals surface area contributed by atoms with Gasteiger partial charge < -0.3 is 4.90 Å². The van der Waals surface area contributed by atoms with Gasteiger partial charge in [-0.25, -0.2) is 12.7 Å². The van der Waals surface area contributed by atoms with Crippen LogP contribution in [0, 0.1) is 0 Å². The van der Waals surface area contributed by atoms with Crippen LogP contribution >= 0.6 is 0 Å². The van der Waals surface area contributed by atoms with Crippen LogP contribution in [-0.4, -0.2) is 44.7 Å². The number of rotatable bonds is 5. The fraction of sp³-hybridized carbons (Fsp3) is 0.278. The van der Waals surface area contributed by atoms with Gasteiger partial charge in [0.2, 0.25) is 10.0 Å². The van der Waals surface area contributed by atoms with E-state index in [0.717, 1.165) is 9.87 Å². The van der Waals surface area contributed by atoms with Gasteiger partial charge in [-0.2, -0.15) is 0 Å². The summed E-state index contributed by atoms with van der Waals surface area (Å²) in [5.41, 5.74) is 1.37. The fourth-order valence-electron chi connectivity index (χ4n) is 2.34. The van der Waals surface area contributed by atoms with E-state index in [1.807, 2.05) is 37.3 Å². The predicted octanol–water partition coefficient (Wildman–Crippen LogP) is 2.77. The average Bonchev–Trinajstić information content (AvgIpc) is 2.60. The Kier molecular flexibility index (Phi) is 5.41. The second-order valence-electron chi connectivity index (χ2n) is 5.82. The van der Waals surface area contributed by atoms with Gasteiger partial charge in [-0.05, 0) is 30.7 Å². The summed E-state index contributed by atoms with van der Waals surface area (Å²) in [6, 6.07) is 15.7. The maximum atomic E-state index is 12.7. The molecule has 0 aliphatic heterocycles. The van der Waals surface area contributed by atoms with Crippen LogP contribution in [0.5, 0.6) is 0 Å². The molecule has 0 aliphatic carbocycles. The summed E-state index contributed by atoms with van der Waals surface area (Å²) in [4.78, 5) is 14.4. The largest absolute Gasteiger partial charge is 0.335 e. The Hall–Kier alpha value is -2.18. The molecule has 0 saturated carbocycles. The first-order valence-electron chi connectivity index (χ1n) is 7.60. The minimum absolute atomic E-state index is 0.110. The molecule has 0 heterocycles. The summed E-state index contributed by atoms with van der Waals surface area (Å²) < 4.78 is 25.6. The molecule has 0 aliphatic rings. The Balaban J connectivity index is 2.30.